The van der Waals surface area contributed by atoms with Crippen LogP contribution in [0.5, 0.6) is 23.0 Å². The maximum absolute atomic E-state index is 14.3. The van der Waals surface area contributed by atoms with Gasteiger partial charge in [-0.15, -0.1) is 0 Å². The zero-order valence-electron chi connectivity index (χ0n) is 34.2. The lowest BCUT2D eigenvalue weighted by Crippen LogP contribution is -2.23. The number of hydrogen-bond acceptors (Lipinski definition) is 6. The van der Waals surface area contributed by atoms with Crippen LogP contribution in [0.3, 0.4) is 0 Å². The van der Waals surface area contributed by atoms with Gasteiger partial charge in [0.25, 0.3) is 0 Å². The summed E-state index contributed by atoms with van der Waals surface area (Å²) in [6, 6.07) is 50.9. The number of nitrogens with zero attached hydrogens (tertiary/aromatic N) is 2. The summed E-state index contributed by atoms with van der Waals surface area (Å²) < 4.78 is 19.0. The summed E-state index contributed by atoms with van der Waals surface area (Å²) in [6.07, 6.45) is 3.81. The van der Waals surface area contributed by atoms with E-state index in [1.807, 2.05) is 208 Å². The van der Waals surface area contributed by atoms with Crippen molar-refractivity contribution in [1.29, 1.82) is 0 Å². The molecule has 0 unspecified atom stereocenters. The van der Waals surface area contributed by atoms with Crippen LogP contribution in [0.4, 0.5) is 11.4 Å². The van der Waals surface area contributed by atoms with E-state index in [1.165, 1.54) is 0 Å². The van der Waals surface area contributed by atoms with Crippen molar-refractivity contribution in [3.8, 4) is 23.0 Å². The summed E-state index contributed by atoms with van der Waals surface area (Å²) in [5.74, 6) is 2.01. The summed E-state index contributed by atoms with van der Waals surface area (Å²) >= 11 is 27.6. The number of ether oxygens (including phenoxy) is 3. The molecule has 0 aromatic heterocycles. The quantitative estimate of drug-likeness (QED) is 0.0692. The van der Waals surface area contributed by atoms with Crippen LogP contribution in [0, 0.1) is 0 Å². The molecule has 0 aliphatic carbocycles. The number of carbonyl (C=O) groups excluding carboxylic acids is 1. The summed E-state index contributed by atoms with van der Waals surface area (Å²) in [4.78, 5) is 18.4. The highest BCUT2D eigenvalue weighted by Gasteiger charge is 2.48. The minimum atomic E-state index is -1.69. The fourth-order valence-electron chi connectivity index (χ4n) is 7.32. The molecule has 1 heterocycles. The van der Waals surface area contributed by atoms with Gasteiger partial charge in [-0.05, 0) is 118 Å². The van der Waals surface area contributed by atoms with E-state index in [0.717, 1.165) is 44.8 Å². The summed E-state index contributed by atoms with van der Waals surface area (Å²) in [7, 11) is 7.94. The number of carbonyl (C=O) groups is 1. The van der Waals surface area contributed by atoms with Crippen molar-refractivity contribution in [2.75, 3.05) is 38.0 Å². The Hall–Kier alpha value is -6.15. The van der Waals surface area contributed by atoms with Gasteiger partial charge in [0.05, 0.1) is 25.7 Å². The summed E-state index contributed by atoms with van der Waals surface area (Å²) in [5, 5.41) is -0.0551. The molecule has 1 aliphatic heterocycles. The van der Waals surface area contributed by atoms with E-state index >= 15 is 0 Å². The number of benzene rings is 7. The first-order valence-corrected chi connectivity index (χ1v) is 21.2. The van der Waals surface area contributed by atoms with Gasteiger partial charge in [-0.3, -0.25) is 0 Å². The molecule has 0 bridgehead atoms. The van der Waals surface area contributed by atoms with E-state index in [4.69, 9.17) is 60.6 Å². The van der Waals surface area contributed by atoms with Gasteiger partial charge in [0, 0.05) is 45.1 Å². The molecule has 0 amide bonds. The van der Waals surface area contributed by atoms with Crippen LogP contribution >= 0.6 is 46.4 Å². The fraction of sp³-hybridized carbons (Fsp3) is 0.0962. The van der Waals surface area contributed by atoms with Crippen LogP contribution in [-0.2, 0) is 10.3 Å². The molecule has 1 aliphatic rings. The smallest absolute Gasteiger partial charge is 0.341 e. The van der Waals surface area contributed by atoms with Crippen LogP contribution in [0.2, 0.25) is 20.1 Å². The normalized spacial score (nSPS) is 14.9. The van der Waals surface area contributed by atoms with E-state index < -0.39 is 11.6 Å². The third-order valence-corrected chi connectivity index (χ3v) is 12.3. The van der Waals surface area contributed by atoms with Crippen molar-refractivity contribution in [3.05, 3.63) is 223 Å². The molecule has 0 spiro atoms. The third kappa shape index (κ3) is 8.78. The second-order valence-corrected chi connectivity index (χ2v) is 16.6. The van der Waals surface area contributed by atoms with Gasteiger partial charge in [0.1, 0.15) is 23.0 Å². The van der Waals surface area contributed by atoms with Gasteiger partial charge in [-0.2, -0.15) is 0 Å². The number of halogens is 4. The summed E-state index contributed by atoms with van der Waals surface area (Å²) in [6.45, 7) is 0. The van der Waals surface area contributed by atoms with Gasteiger partial charge in [0.2, 0.25) is 0 Å². The summed E-state index contributed by atoms with van der Waals surface area (Å²) in [5.41, 5.74) is 5.36. The molecule has 0 saturated carbocycles. The average Bonchev–Trinajstić information content (AvgIpc) is 3.58. The first kappa shape index (κ1) is 42.5. The number of hydrogen-bond donors (Lipinski definition) is 0. The van der Waals surface area contributed by atoms with E-state index in [9.17, 15) is 4.79 Å². The van der Waals surface area contributed by atoms with E-state index in [2.05, 4.69) is 0 Å². The molecule has 0 saturated heterocycles. The van der Waals surface area contributed by atoms with E-state index in [-0.39, 0.29) is 31.2 Å². The Morgan fingerprint density at radius 1 is 0.468 bits per heavy atom. The molecule has 7 aromatic carbocycles. The van der Waals surface area contributed by atoms with Gasteiger partial charge in [-0.1, -0.05) is 131 Å². The zero-order valence-corrected chi connectivity index (χ0v) is 37.2. The highest BCUT2D eigenvalue weighted by atomic mass is 35.5. The largest absolute Gasteiger partial charge is 0.457 e. The Kier molecular flexibility index (Phi) is 12.4. The Bertz CT molecular complexity index is 2640. The molecule has 62 heavy (non-hydrogen) atoms. The van der Waals surface area contributed by atoms with Gasteiger partial charge >= 0.3 is 5.97 Å². The lowest BCUT2D eigenvalue weighted by Gasteiger charge is -2.27. The molecule has 10 heteroatoms. The molecule has 0 atom stereocenters. The zero-order chi connectivity index (χ0) is 43.5. The number of cyclic esters (lactones) is 1. The van der Waals surface area contributed by atoms with Crippen LogP contribution in [-0.4, -0.2) is 34.2 Å². The molecule has 0 radical (unpaired) electrons. The highest BCUT2D eigenvalue weighted by molar-refractivity contribution is 6.53. The van der Waals surface area contributed by atoms with E-state index in [1.54, 1.807) is 0 Å². The predicted octanol–water partition coefficient (Wildman–Crippen LogP) is 14.6. The number of anilines is 2. The molecular weight excluding hydrogens is 858 g/mol. The van der Waals surface area contributed by atoms with Crippen molar-refractivity contribution in [2.45, 2.75) is 5.60 Å². The van der Waals surface area contributed by atoms with Crippen LogP contribution in [0.1, 0.15) is 38.2 Å². The van der Waals surface area contributed by atoms with Crippen molar-refractivity contribution >= 4 is 74.9 Å². The third-order valence-electron chi connectivity index (χ3n) is 10.5. The molecule has 0 fully saturated rings. The van der Waals surface area contributed by atoms with E-state index in [0.29, 0.717) is 23.0 Å². The SMILES string of the molecule is CN(C)c1ccc(C(=CC2(C=C(c3ccc(Oc4ccccc4)cc3)c3ccc(N(C)C)cc3)OC(=O)c3c(Cl)c(Cl)c(Cl)c(Cl)c32)c2ccc(Oc3ccccc3)cc2)cc1. The Balaban J connectivity index is 1.39. The first-order chi connectivity index (χ1) is 29.9. The molecule has 7 aromatic rings. The number of para-hydroxylation sites is 2. The fourth-order valence-corrected chi connectivity index (χ4v) is 8.40. The minimum Gasteiger partial charge on any atom is -0.457 e. The minimum absolute atomic E-state index is 0.000146. The maximum Gasteiger partial charge on any atom is 0.341 e. The topological polar surface area (TPSA) is 51.2 Å². The molecule has 310 valence electrons. The Morgan fingerprint density at radius 3 is 1.18 bits per heavy atom. The van der Waals surface area contributed by atoms with Gasteiger partial charge < -0.3 is 24.0 Å². The van der Waals surface area contributed by atoms with Crippen molar-refractivity contribution in [3.63, 3.8) is 0 Å². The van der Waals surface area contributed by atoms with Crippen LogP contribution in [0.15, 0.2) is 170 Å². The van der Waals surface area contributed by atoms with Gasteiger partial charge in [-0.25, -0.2) is 4.79 Å². The van der Waals surface area contributed by atoms with Gasteiger partial charge in [0.15, 0.2) is 5.60 Å². The number of fused-ring (bicyclic) bond motifs is 1. The molecule has 0 N–H and O–H groups in total. The lowest BCUT2D eigenvalue weighted by molar-refractivity contribution is 0.0300. The average molecular weight is 899 g/mol. The molecule has 8 rings (SSSR count). The number of esters is 1. The standard InChI is InChI=1S/C52H40Cl4N2O4/c1-57(2)37-23-15-33(16-24-37)43(35-19-27-41(28-20-35)60-39-11-7-5-8-12-39)31-52(46-45(51(59)62-52)47(53)49(55)50(56)48(46)54)32-44(34-17-25-38(26-18-34)58(3)4)36-21-29-42(30-22-36)61-40-13-9-6-10-14-40/h5-32H,1-4H3. The lowest BCUT2D eigenvalue weighted by atomic mass is 9.83. The second kappa shape index (κ2) is 18.1. The Labute approximate surface area is 381 Å². The second-order valence-electron chi connectivity index (χ2n) is 15.1. The number of rotatable bonds is 12. The molecular formula is C52H40Cl4N2O4. The maximum atomic E-state index is 14.3. The van der Waals surface area contributed by atoms with Crippen LogP contribution < -0.4 is 19.3 Å². The highest BCUT2D eigenvalue weighted by Crippen LogP contribution is 2.54. The van der Waals surface area contributed by atoms with Crippen molar-refractivity contribution in [1.82, 2.24) is 0 Å². The predicted molar refractivity (Wildman–Crippen MR) is 255 cm³/mol. The monoisotopic (exact) mass is 896 g/mol. The van der Waals surface area contributed by atoms with Crippen LogP contribution in [0.25, 0.3) is 11.1 Å². The van der Waals surface area contributed by atoms with Crippen molar-refractivity contribution in [2.24, 2.45) is 0 Å². The van der Waals surface area contributed by atoms with Crippen molar-refractivity contribution < 1.29 is 19.0 Å². The first-order valence-electron chi connectivity index (χ1n) is 19.7. The Morgan fingerprint density at radius 2 is 0.806 bits per heavy atom. The molecule has 6 nitrogen and oxygen atoms in total.